The highest BCUT2D eigenvalue weighted by Gasteiger charge is 2.92. The minimum Gasteiger partial charge on any atom is -0.467 e. The van der Waals surface area contributed by atoms with Gasteiger partial charge in [-0.05, 0) is 116 Å². The maximum absolute atomic E-state index is 14.6. The van der Waals surface area contributed by atoms with Crippen molar-refractivity contribution in [3.63, 3.8) is 0 Å². The molecule has 2 aromatic rings. The van der Waals surface area contributed by atoms with E-state index >= 15 is 0 Å². The third-order valence-electron chi connectivity index (χ3n) is 15.3. The second-order valence-corrected chi connectivity index (χ2v) is 18.6. The van der Waals surface area contributed by atoms with Gasteiger partial charge >= 0.3 is 11.9 Å². The molecule has 4 saturated carbocycles. The number of rotatable bonds is 13. The van der Waals surface area contributed by atoms with Gasteiger partial charge in [0.05, 0.1) is 37.9 Å². The van der Waals surface area contributed by atoms with Crippen LogP contribution >= 0.6 is 24.4 Å². The zero-order valence-corrected chi connectivity index (χ0v) is 36.8. The van der Waals surface area contributed by atoms with Crippen molar-refractivity contribution in [2.75, 3.05) is 57.6 Å². The Morgan fingerprint density at radius 3 is 1.38 bits per heavy atom. The molecule has 2 aromatic carbocycles. The van der Waals surface area contributed by atoms with Crippen LogP contribution in [0.1, 0.15) is 19.8 Å². The van der Waals surface area contributed by atoms with Crippen molar-refractivity contribution in [3.8, 4) is 0 Å². The van der Waals surface area contributed by atoms with Crippen molar-refractivity contribution in [2.45, 2.75) is 31.0 Å². The van der Waals surface area contributed by atoms with E-state index in [-0.39, 0.29) is 54.8 Å². The third kappa shape index (κ3) is 6.47. The summed E-state index contributed by atoms with van der Waals surface area (Å²) in [5.41, 5.74) is -2.40. The van der Waals surface area contributed by atoms with E-state index in [1.165, 1.54) is 67.7 Å². The molecule has 64 heavy (non-hydrogen) atoms. The van der Waals surface area contributed by atoms with Gasteiger partial charge in [-0.2, -0.15) is 0 Å². The molecule has 3 aliphatic heterocycles. The lowest BCUT2D eigenvalue weighted by atomic mass is 9.46. The van der Waals surface area contributed by atoms with E-state index in [2.05, 4.69) is 31.9 Å². The fourth-order valence-corrected chi connectivity index (χ4v) is 14.1. The lowest BCUT2D eigenvalue weighted by Crippen LogP contribution is -2.65. The molecule has 14 atom stereocenters. The summed E-state index contributed by atoms with van der Waals surface area (Å²) in [6.07, 6.45) is 0.738. The van der Waals surface area contributed by atoms with E-state index in [0.29, 0.717) is 24.2 Å². The number of fused-ring (bicyclic) bond motifs is 19. The van der Waals surface area contributed by atoms with Crippen LogP contribution in [0.2, 0.25) is 0 Å². The number of carbonyl (C=O) groups excluding carboxylic acids is 6. The van der Waals surface area contributed by atoms with Crippen LogP contribution in [0.15, 0.2) is 48.5 Å². The molecule has 0 radical (unpaired) electrons. The Labute approximate surface area is 378 Å². The Morgan fingerprint density at radius 1 is 0.641 bits per heavy atom. The Balaban J connectivity index is 0.992. The quantitative estimate of drug-likeness (QED) is 0.0736. The van der Waals surface area contributed by atoms with Gasteiger partial charge in [0.25, 0.3) is 0 Å². The van der Waals surface area contributed by atoms with Crippen molar-refractivity contribution >= 4 is 81.6 Å². The van der Waals surface area contributed by atoms with Gasteiger partial charge in [0.2, 0.25) is 23.6 Å². The van der Waals surface area contributed by atoms with Gasteiger partial charge in [0.15, 0.2) is 21.4 Å². The summed E-state index contributed by atoms with van der Waals surface area (Å²) in [6.45, 7) is 2.50. The molecule has 6 N–H and O–H groups in total. The van der Waals surface area contributed by atoms with E-state index in [0.717, 1.165) is 0 Å². The van der Waals surface area contributed by atoms with E-state index in [1.807, 2.05) is 0 Å². The Morgan fingerprint density at radius 2 is 1.00 bits per heavy atom. The average molecular weight is 922 g/mol. The summed E-state index contributed by atoms with van der Waals surface area (Å²) in [5, 5.41) is 18.3. The Bertz CT molecular complexity index is 2160. The van der Waals surface area contributed by atoms with Gasteiger partial charge in [-0.3, -0.25) is 24.1 Å². The maximum Gasteiger partial charge on any atom is 0.338 e. The van der Waals surface area contributed by atoms with Crippen LogP contribution in [0.25, 0.3) is 0 Å². The summed E-state index contributed by atoms with van der Waals surface area (Å²) < 4.78 is 44.9. The van der Waals surface area contributed by atoms with Gasteiger partial charge in [-0.15, -0.1) is 0 Å². The van der Waals surface area contributed by atoms with E-state index in [9.17, 15) is 37.5 Å². The molecule has 340 valence electrons. The molecule has 0 aromatic heterocycles. The van der Waals surface area contributed by atoms with Crippen LogP contribution in [0.4, 0.5) is 20.2 Å². The average Bonchev–Trinajstić information content (AvgIpc) is 4.15. The first-order valence-corrected chi connectivity index (χ1v) is 22.4. The maximum atomic E-state index is 14.6. The summed E-state index contributed by atoms with van der Waals surface area (Å²) in [6, 6.07) is 11.3. The van der Waals surface area contributed by atoms with Crippen LogP contribution in [0, 0.1) is 82.6 Å². The predicted molar refractivity (Wildman–Crippen MR) is 231 cm³/mol. The molecule has 7 fully saturated rings. The molecule has 0 unspecified atom stereocenters. The summed E-state index contributed by atoms with van der Waals surface area (Å²) >= 11 is 10.8. The number of thiocarbonyl (C=S) groups is 2. The number of carbonyl (C=O) groups is 6. The van der Waals surface area contributed by atoms with Gasteiger partial charge in [-0.25, -0.2) is 18.4 Å². The molecule has 3 heterocycles. The van der Waals surface area contributed by atoms with Crippen molar-refractivity contribution in [3.05, 3.63) is 60.2 Å². The number of nitrogens with zero attached hydrogens (tertiary/aromatic N) is 1. The molecule has 16 nitrogen and oxygen atoms in total. The van der Waals surface area contributed by atoms with Crippen LogP contribution in [-0.2, 0) is 43.0 Å². The number of imide groups is 1. The highest BCUT2D eigenvalue weighted by Crippen LogP contribution is 2.82. The number of anilines is 2. The van der Waals surface area contributed by atoms with Crippen molar-refractivity contribution < 1.29 is 51.8 Å². The number of hydrogen-bond acceptors (Lipinski definition) is 11. The number of likely N-dealkylation sites (tertiary alicyclic amines) is 1. The number of esters is 2. The summed E-state index contributed by atoms with van der Waals surface area (Å²) in [7, 11) is 2.48. The number of benzene rings is 2. The standard InChI is InChI=1S/C44H49F2N7O9S2/c1-4-53-37(56)29-25-18-26(30(29)38(53)57)34-33(25)43(39(58)60-2)31-23-17-24(32(31)44(34,62-43)40(59)61-3)28(36(55)48-14-16-50-42(64)52-22-11-7-20(46)8-12-22)27(23)35(54)47-13-15-49-41(63)51-21-9-5-19(45)6-10-21/h5-12,23-34H,4,13-18H2,1-3H3,(H,47,54)(H,48,55)(H2,49,51,63)(H2,50,52,64)/t23-,24+,25+,26-,27-,28+,29+,30-,31-,32+,33+,34-,43+,44-. The second-order valence-electron chi connectivity index (χ2n) is 17.8. The normalized spacial score (nSPS) is 35.3. The molecular formula is C44H49F2N7O9S2. The number of amides is 4. The SMILES string of the molecule is CCN1C(=O)[C@@H]2[C@H]3C[C@@H]([C@@H]2C1=O)[C@H]1[C@@H]3[C@]2(C(=O)OC)O[C@@]1(C(=O)OC)[C@@H]1[C@@H]3C[C@@H]([C@H](C(=O)NCCNC(=S)Nc4ccc(F)cc4)[C@@H]3C(=O)NCCNC(=S)Nc3ccc(F)cc3)[C@@H]12. The van der Waals surface area contributed by atoms with Gasteiger partial charge in [-0.1, -0.05) is 0 Å². The molecular weight excluding hydrogens is 873 g/mol. The summed E-state index contributed by atoms with van der Waals surface area (Å²) in [5.74, 6) is -12.1. The molecule has 9 rings (SSSR count). The number of nitrogens with one attached hydrogen (secondary N) is 6. The van der Waals surface area contributed by atoms with Crippen LogP contribution < -0.4 is 31.9 Å². The van der Waals surface area contributed by atoms with E-state index < -0.39 is 118 Å². The summed E-state index contributed by atoms with van der Waals surface area (Å²) in [4.78, 5) is 87.3. The predicted octanol–water partition coefficient (Wildman–Crippen LogP) is 1.96. The van der Waals surface area contributed by atoms with Crippen molar-refractivity contribution in [1.29, 1.82) is 0 Å². The van der Waals surface area contributed by atoms with Gasteiger partial charge in [0.1, 0.15) is 11.6 Å². The number of halogens is 2. The van der Waals surface area contributed by atoms with Gasteiger partial charge in [0, 0.05) is 67.8 Å². The molecule has 6 bridgehead atoms. The van der Waals surface area contributed by atoms with E-state index in [4.69, 9.17) is 38.6 Å². The van der Waals surface area contributed by atoms with Crippen molar-refractivity contribution in [1.82, 2.24) is 26.2 Å². The second kappa shape index (κ2) is 16.6. The van der Waals surface area contributed by atoms with Crippen LogP contribution in [-0.4, -0.2) is 109 Å². The zero-order chi connectivity index (χ0) is 45.4. The highest BCUT2D eigenvalue weighted by atomic mass is 32.1. The largest absolute Gasteiger partial charge is 0.467 e. The number of hydrogen-bond donors (Lipinski definition) is 6. The minimum absolute atomic E-state index is 0.0924. The minimum atomic E-state index is -1.76. The molecule has 0 spiro atoms. The lowest BCUT2D eigenvalue weighted by molar-refractivity contribution is -0.188. The smallest absolute Gasteiger partial charge is 0.338 e. The van der Waals surface area contributed by atoms with Crippen LogP contribution in [0.3, 0.4) is 0 Å². The first-order chi connectivity index (χ1) is 30.7. The van der Waals surface area contributed by atoms with Crippen molar-refractivity contribution in [2.24, 2.45) is 71.0 Å². The first-order valence-electron chi connectivity index (χ1n) is 21.6. The highest BCUT2D eigenvalue weighted by molar-refractivity contribution is 7.80. The molecule has 7 aliphatic rings. The monoisotopic (exact) mass is 921 g/mol. The Kier molecular flexibility index (Phi) is 11.4. The fraction of sp³-hybridized carbons (Fsp3) is 0.545. The number of ether oxygens (including phenoxy) is 3. The fourth-order valence-electron chi connectivity index (χ4n) is 13.7. The zero-order valence-electron chi connectivity index (χ0n) is 35.2. The molecule has 4 aliphatic carbocycles. The number of methoxy groups -OCH3 is 2. The first kappa shape index (κ1) is 43.9. The molecule has 4 amide bonds. The molecule has 3 saturated heterocycles. The topological polar surface area (TPSA) is 206 Å². The Hall–Kier alpha value is -5.34. The van der Waals surface area contributed by atoms with Crippen LogP contribution in [0.5, 0.6) is 0 Å². The van der Waals surface area contributed by atoms with E-state index in [1.54, 1.807) is 6.92 Å². The lowest BCUT2D eigenvalue weighted by Gasteiger charge is -2.52. The third-order valence-corrected chi connectivity index (χ3v) is 15.8. The molecule has 20 heteroatoms. The van der Waals surface area contributed by atoms with Gasteiger partial charge < -0.3 is 46.1 Å².